The van der Waals surface area contributed by atoms with E-state index in [-0.39, 0.29) is 30.8 Å². The van der Waals surface area contributed by atoms with E-state index in [0.29, 0.717) is 39.5 Å². The predicted molar refractivity (Wildman–Crippen MR) is 92.9 cm³/mol. The van der Waals surface area contributed by atoms with Crippen molar-refractivity contribution in [1.29, 1.82) is 0 Å². The first-order valence-electron chi connectivity index (χ1n) is 9.45. The van der Waals surface area contributed by atoms with Gasteiger partial charge in [0.25, 0.3) is 0 Å². The van der Waals surface area contributed by atoms with Gasteiger partial charge < -0.3 is 34.6 Å². The maximum absolute atomic E-state index is 12.3. The first kappa shape index (κ1) is 19.8. The largest absolute Gasteiger partial charge is 0.394 e. The summed E-state index contributed by atoms with van der Waals surface area (Å²) in [5.41, 5.74) is 0. The molecule has 3 aliphatic rings. The summed E-state index contributed by atoms with van der Waals surface area (Å²) >= 11 is 0. The highest BCUT2D eigenvalue weighted by Gasteiger charge is 2.48. The summed E-state index contributed by atoms with van der Waals surface area (Å²) in [6.45, 7) is 3.75. The van der Waals surface area contributed by atoms with E-state index < -0.39 is 12.2 Å². The normalized spacial score (nSPS) is 35.8. The molecule has 0 saturated carbocycles. The maximum atomic E-state index is 12.3. The molecule has 5 atom stereocenters. The Hall–Kier alpha value is -0.970. The number of rotatable bonds is 6. The van der Waals surface area contributed by atoms with Gasteiger partial charge in [0, 0.05) is 32.8 Å². The minimum atomic E-state index is -0.789. The molecular formula is C17H31N3O6. The van der Waals surface area contributed by atoms with Crippen molar-refractivity contribution in [1.82, 2.24) is 15.1 Å². The Morgan fingerprint density at radius 3 is 2.73 bits per heavy atom. The highest BCUT2D eigenvalue weighted by Crippen LogP contribution is 2.31. The van der Waals surface area contributed by atoms with Crippen molar-refractivity contribution in [2.24, 2.45) is 0 Å². The number of aliphatic hydroxyl groups is 2. The number of carbonyl (C=O) groups excluding carboxylic acids is 1. The average Bonchev–Trinajstić information content (AvgIpc) is 3.24. The van der Waals surface area contributed by atoms with Crippen LogP contribution < -0.4 is 5.32 Å². The second kappa shape index (κ2) is 9.29. The molecule has 3 aliphatic heterocycles. The number of nitrogens with one attached hydrogen (secondary N) is 1. The quantitative estimate of drug-likeness (QED) is 0.528. The number of amides is 2. The molecule has 0 unspecified atom stereocenters. The Kier molecular flexibility index (Phi) is 7.07. The van der Waals surface area contributed by atoms with Crippen molar-refractivity contribution in [3.63, 3.8) is 0 Å². The summed E-state index contributed by atoms with van der Waals surface area (Å²) in [4.78, 5) is 16.3. The number of aliphatic hydroxyl groups excluding tert-OH is 2. The monoisotopic (exact) mass is 373 g/mol. The third-order valence-electron chi connectivity index (χ3n) is 5.56. The van der Waals surface area contributed by atoms with E-state index in [9.17, 15) is 15.0 Å². The number of urea groups is 1. The minimum absolute atomic E-state index is 0.146. The van der Waals surface area contributed by atoms with Crippen molar-refractivity contribution in [2.45, 2.75) is 43.2 Å². The zero-order valence-corrected chi connectivity index (χ0v) is 15.4. The molecule has 26 heavy (non-hydrogen) atoms. The zero-order chi connectivity index (χ0) is 18.5. The van der Waals surface area contributed by atoms with Crippen LogP contribution in [0.25, 0.3) is 0 Å². The highest BCUT2D eigenvalue weighted by atomic mass is 16.5. The molecule has 3 fully saturated rings. The summed E-state index contributed by atoms with van der Waals surface area (Å²) in [7, 11) is 1.68. The second-order valence-electron chi connectivity index (χ2n) is 7.15. The van der Waals surface area contributed by atoms with Crippen molar-refractivity contribution in [3.8, 4) is 0 Å². The van der Waals surface area contributed by atoms with Gasteiger partial charge in [-0.25, -0.2) is 4.79 Å². The lowest BCUT2D eigenvalue weighted by Gasteiger charge is -2.35. The average molecular weight is 373 g/mol. The lowest BCUT2D eigenvalue weighted by Crippen LogP contribution is -2.55. The molecule has 3 N–H and O–H groups in total. The summed E-state index contributed by atoms with van der Waals surface area (Å²) in [5.74, 6) is 0. The molecule has 0 radical (unpaired) electrons. The van der Waals surface area contributed by atoms with Crippen molar-refractivity contribution >= 4 is 6.03 Å². The standard InChI is InChI=1S/C17H31N3O6/c1-24-11-12-3-2-4-20(12)15-13(26-14(10-21)16(15)22)9-18-17(23)19-5-7-25-8-6-19/h12-16,21-22H,2-11H2,1H3,(H,18,23)/t12-,13-,14+,15+,16-/m1/s1. The molecule has 0 bridgehead atoms. The number of hydrogen-bond acceptors (Lipinski definition) is 7. The van der Waals surface area contributed by atoms with Gasteiger partial charge in [0.15, 0.2) is 0 Å². The number of carbonyl (C=O) groups is 1. The van der Waals surface area contributed by atoms with Gasteiger partial charge in [-0.1, -0.05) is 0 Å². The fraction of sp³-hybridized carbons (Fsp3) is 0.941. The van der Waals surface area contributed by atoms with Gasteiger partial charge in [-0.15, -0.1) is 0 Å². The minimum Gasteiger partial charge on any atom is -0.394 e. The number of nitrogens with zero attached hydrogens (tertiary/aromatic N) is 2. The van der Waals surface area contributed by atoms with Crippen LogP contribution in [0.2, 0.25) is 0 Å². The Bertz CT molecular complexity index is 462. The molecule has 0 spiro atoms. The molecular weight excluding hydrogens is 342 g/mol. The molecule has 0 aromatic carbocycles. The Labute approximate surface area is 154 Å². The second-order valence-corrected chi connectivity index (χ2v) is 7.15. The van der Waals surface area contributed by atoms with Crippen LogP contribution in [0.5, 0.6) is 0 Å². The topological polar surface area (TPSA) is 104 Å². The zero-order valence-electron chi connectivity index (χ0n) is 15.4. The van der Waals surface area contributed by atoms with Gasteiger partial charge in [-0.2, -0.15) is 0 Å². The van der Waals surface area contributed by atoms with Crippen LogP contribution in [0.15, 0.2) is 0 Å². The number of hydrogen-bond donors (Lipinski definition) is 3. The fourth-order valence-corrected chi connectivity index (χ4v) is 4.24. The molecule has 0 aromatic heterocycles. The summed E-state index contributed by atoms with van der Waals surface area (Å²) in [5, 5.41) is 23.1. The molecule has 0 aliphatic carbocycles. The van der Waals surface area contributed by atoms with Crippen LogP contribution in [0.3, 0.4) is 0 Å². The molecule has 150 valence electrons. The van der Waals surface area contributed by atoms with E-state index in [1.807, 2.05) is 0 Å². The van der Waals surface area contributed by atoms with Gasteiger partial charge in [-0.05, 0) is 19.4 Å². The van der Waals surface area contributed by atoms with E-state index in [0.717, 1.165) is 19.4 Å². The lowest BCUT2D eigenvalue weighted by molar-refractivity contribution is -0.0211. The third-order valence-corrected chi connectivity index (χ3v) is 5.56. The van der Waals surface area contributed by atoms with Crippen molar-refractivity contribution in [2.75, 3.05) is 59.7 Å². The highest BCUT2D eigenvalue weighted by molar-refractivity contribution is 5.74. The molecule has 3 heterocycles. The maximum Gasteiger partial charge on any atom is 0.317 e. The summed E-state index contributed by atoms with van der Waals surface area (Å²) in [6, 6.07) is -0.189. The number of methoxy groups -OCH3 is 1. The van der Waals surface area contributed by atoms with E-state index in [1.165, 1.54) is 0 Å². The Morgan fingerprint density at radius 1 is 1.27 bits per heavy atom. The number of morpholine rings is 1. The molecule has 9 nitrogen and oxygen atoms in total. The van der Waals surface area contributed by atoms with Crippen LogP contribution >= 0.6 is 0 Å². The third kappa shape index (κ3) is 4.29. The van der Waals surface area contributed by atoms with Crippen LogP contribution in [-0.4, -0.2) is 116 Å². The van der Waals surface area contributed by atoms with Gasteiger partial charge in [0.2, 0.25) is 0 Å². The lowest BCUT2D eigenvalue weighted by atomic mass is 10.0. The van der Waals surface area contributed by atoms with Gasteiger partial charge >= 0.3 is 6.03 Å². The molecule has 9 heteroatoms. The molecule has 3 saturated heterocycles. The molecule has 2 amide bonds. The SMILES string of the molecule is COC[C@H]1CCCN1[C@@H]1[C@H](O)[C@H](CO)O[C@@H]1CNC(=O)N1CCOCC1. The van der Waals surface area contributed by atoms with E-state index in [1.54, 1.807) is 12.0 Å². The summed E-state index contributed by atoms with van der Waals surface area (Å²) < 4.78 is 16.5. The molecule has 0 aromatic rings. The number of likely N-dealkylation sites (tertiary alicyclic amines) is 1. The van der Waals surface area contributed by atoms with E-state index in [2.05, 4.69) is 10.2 Å². The van der Waals surface area contributed by atoms with Gasteiger partial charge in [0.1, 0.15) is 12.2 Å². The summed E-state index contributed by atoms with van der Waals surface area (Å²) in [6.07, 6.45) is 0.253. The van der Waals surface area contributed by atoms with Crippen LogP contribution in [0, 0.1) is 0 Å². The van der Waals surface area contributed by atoms with Gasteiger partial charge in [-0.3, -0.25) is 4.90 Å². The van der Waals surface area contributed by atoms with E-state index >= 15 is 0 Å². The molecule has 3 rings (SSSR count). The predicted octanol–water partition coefficient (Wildman–Crippen LogP) is -1.37. The first-order valence-corrected chi connectivity index (χ1v) is 9.45. The van der Waals surface area contributed by atoms with Crippen LogP contribution in [0.4, 0.5) is 4.79 Å². The van der Waals surface area contributed by atoms with E-state index in [4.69, 9.17) is 14.2 Å². The Morgan fingerprint density at radius 2 is 2.04 bits per heavy atom. The van der Waals surface area contributed by atoms with Crippen molar-refractivity contribution in [3.05, 3.63) is 0 Å². The smallest absolute Gasteiger partial charge is 0.317 e. The van der Waals surface area contributed by atoms with Crippen LogP contribution in [0.1, 0.15) is 12.8 Å². The van der Waals surface area contributed by atoms with Gasteiger partial charge in [0.05, 0.1) is 38.6 Å². The fourth-order valence-electron chi connectivity index (χ4n) is 4.24. The first-order chi connectivity index (χ1) is 12.7. The van der Waals surface area contributed by atoms with Crippen LogP contribution in [-0.2, 0) is 14.2 Å². The van der Waals surface area contributed by atoms with Crippen molar-refractivity contribution < 1.29 is 29.2 Å². The number of ether oxygens (including phenoxy) is 3. The Balaban J connectivity index is 1.62.